The van der Waals surface area contributed by atoms with E-state index in [2.05, 4.69) is 123 Å². The van der Waals surface area contributed by atoms with Crippen molar-refractivity contribution in [1.82, 2.24) is 0 Å². The van der Waals surface area contributed by atoms with Gasteiger partial charge in [0.15, 0.2) is 0 Å². The minimum Gasteiger partial charge on any atom is -0.129 e. The largest absolute Gasteiger partial charge is 0.129 e. The maximum absolute atomic E-state index is 2.29. The summed E-state index contributed by atoms with van der Waals surface area (Å²) in [4.78, 5) is 2.64. The Labute approximate surface area is 312 Å². The summed E-state index contributed by atoms with van der Waals surface area (Å²) >= 11 is 7.81. The lowest BCUT2D eigenvalue weighted by molar-refractivity contribution is 0.586. The minimum atomic E-state index is 1.24. The molecule has 4 heteroatoms. The van der Waals surface area contributed by atoms with Crippen LogP contribution in [0, 0.1) is 0 Å². The van der Waals surface area contributed by atoms with Gasteiger partial charge in [0, 0.05) is 9.75 Å². The molecular formula is C44H62S4. The molecule has 0 nitrogen and oxygen atoms in total. The summed E-state index contributed by atoms with van der Waals surface area (Å²) < 4.78 is 2.87. The van der Waals surface area contributed by atoms with E-state index >= 15 is 0 Å². The zero-order chi connectivity index (χ0) is 34.0. The topological polar surface area (TPSA) is 0 Å². The van der Waals surface area contributed by atoms with Crippen LogP contribution in [0.25, 0.3) is 12.2 Å². The monoisotopic (exact) mass is 718 g/mol. The van der Waals surface area contributed by atoms with Crippen LogP contribution in [0.3, 0.4) is 0 Å². The van der Waals surface area contributed by atoms with Crippen LogP contribution in [0.2, 0.25) is 0 Å². The van der Waals surface area contributed by atoms with E-state index in [9.17, 15) is 0 Å². The Morgan fingerprint density at radius 2 is 0.667 bits per heavy atom. The molecule has 0 atom stereocenters. The molecule has 0 bridgehead atoms. The third kappa shape index (κ3) is 25.1. The Morgan fingerprint density at radius 1 is 0.375 bits per heavy atom. The Hall–Kier alpha value is -1.98. The smallest absolute Gasteiger partial charge is 0.0604 e. The maximum atomic E-state index is 2.29. The second-order valence-corrected chi connectivity index (χ2v) is 17.0. The van der Waals surface area contributed by atoms with Gasteiger partial charge in [-0.2, -0.15) is 0 Å². The van der Waals surface area contributed by atoms with Gasteiger partial charge in [0.25, 0.3) is 0 Å². The lowest BCUT2D eigenvalue weighted by Crippen LogP contribution is -1.82. The van der Waals surface area contributed by atoms with Crippen LogP contribution in [-0.4, -0.2) is 11.5 Å². The van der Waals surface area contributed by atoms with E-state index in [0.29, 0.717) is 0 Å². The molecule has 0 aliphatic heterocycles. The van der Waals surface area contributed by atoms with Gasteiger partial charge >= 0.3 is 0 Å². The normalized spacial score (nSPS) is 13.0. The van der Waals surface area contributed by atoms with Crippen LogP contribution in [0.4, 0.5) is 0 Å². The van der Waals surface area contributed by atoms with Crippen molar-refractivity contribution >= 4 is 58.3 Å². The first-order chi connectivity index (χ1) is 23.8. The van der Waals surface area contributed by atoms with E-state index in [1.165, 1.54) is 132 Å². The third-order valence-corrected chi connectivity index (χ3v) is 12.4. The Morgan fingerprint density at radius 3 is 1.00 bits per heavy atom. The zero-order valence-electron chi connectivity index (χ0n) is 29.9. The van der Waals surface area contributed by atoms with Crippen molar-refractivity contribution in [3.05, 3.63) is 119 Å². The minimum absolute atomic E-state index is 1.24. The molecular weight excluding hydrogens is 657 g/mol. The standard InChI is InChI=1S/C44H62S4/c1-3-5-7-9-11-23-27-31-39-45-43-37-35-41(47-43)33-29-25-21-19-17-15-13-14-16-18-20-22-26-30-34-42-36-38-44(48-42)46-40-32-28-24-12-10-8-6-4-2/h13-22,25-26,29-30,33-38H,3-12,23-24,27-28,31-32,39-40H2,1-2H3/b15-13+,16-14+,19-17+,20-18+,25-21+,26-22+,33-29+,34-30+. The molecule has 2 heterocycles. The number of hydrogen-bond acceptors (Lipinski definition) is 4. The van der Waals surface area contributed by atoms with Crippen molar-refractivity contribution in [3.8, 4) is 0 Å². The van der Waals surface area contributed by atoms with Gasteiger partial charge in [-0.25, -0.2) is 0 Å². The number of unbranched alkanes of at least 4 members (excludes halogenated alkanes) is 14. The molecule has 48 heavy (non-hydrogen) atoms. The second-order valence-electron chi connectivity index (χ2n) is 12.0. The molecule has 0 amide bonds. The Balaban J connectivity index is 1.49. The molecule has 2 rings (SSSR count). The highest BCUT2D eigenvalue weighted by Crippen LogP contribution is 2.30. The van der Waals surface area contributed by atoms with Crippen LogP contribution >= 0.6 is 46.2 Å². The molecule has 0 fully saturated rings. The highest BCUT2D eigenvalue weighted by molar-refractivity contribution is 8.01. The van der Waals surface area contributed by atoms with Crippen LogP contribution in [0.1, 0.15) is 126 Å². The lowest BCUT2D eigenvalue weighted by atomic mass is 10.1. The summed E-state index contributed by atoms with van der Waals surface area (Å²) in [5.41, 5.74) is 0. The molecule has 0 spiro atoms. The summed E-state index contributed by atoms with van der Waals surface area (Å²) in [6.45, 7) is 4.57. The number of rotatable bonds is 29. The van der Waals surface area contributed by atoms with Crippen LogP contribution in [-0.2, 0) is 0 Å². The van der Waals surface area contributed by atoms with E-state index in [1.807, 2.05) is 58.3 Å². The lowest BCUT2D eigenvalue weighted by Gasteiger charge is -2.01. The number of allylic oxidation sites excluding steroid dienone is 14. The van der Waals surface area contributed by atoms with Gasteiger partial charge in [-0.3, -0.25) is 0 Å². The SMILES string of the molecule is CCCCCCCCCCSc1ccc(/C=C/C=C/C=C/C=C/C=C/C=C/C=C/C=C/c2ccc(SCCCCCCCCCC)s2)s1. The van der Waals surface area contributed by atoms with Gasteiger partial charge in [-0.1, -0.05) is 189 Å². The first kappa shape index (κ1) is 42.2. The van der Waals surface area contributed by atoms with Gasteiger partial charge in [0.05, 0.1) is 8.42 Å². The predicted molar refractivity (Wildman–Crippen MR) is 228 cm³/mol. The molecule has 0 radical (unpaired) electrons. The summed E-state index contributed by atoms with van der Waals surface area (Å²) in [6.07, 6.45) is 55.6. The molecule has 0 saturated carbocycles. The quantitative estimate of drug-likeness (QED) is 0.0467. The van der Waals surface area contributed by atoms with E-state index in [4.69, 9.17) is 0 Å². The van der Waals surface area contributed by atoms with Gasteiger partial charge in [-0.15, -0.1) is 46.2 Å². The van der Waals surface area contributed by atoms with Crippen LogP contribution < -0.4 is 0 Å². The molecule has 0 aromatic carbocycles. The molecule has 0 N–H and O–H groups in total. The van der Waals surface area contributed by atoms with Crippen molar-refractivity contribution < 1.29 is 0 Å². The molecule has 0 saturated heterocycles. The Bertz CT molecular complexity index is 1160. The first-order valence-electron chi connectivity index (χ1n) is 18.6. The molecule has 2 aromatic heterocycles. The van der Waals surface area contributed by atoms with Gasteiger partial charge in [0.2, 0.25) is 0 Å². The highest BCUT2D eigenvalue weighted by Gasteiger charge is 2.00. The molecule has 262 valence electrons. The fourth-order valence-corrected chi connectivity index (χ4v) is 9.17. The van der Waals surface area contributed by atoms with Gasteiger partial charge in [0.1, 0.15) is 0 Å². The van der Waals surface area contributed by atoms with Gasteiger partial charge < -0.3 is 0 Å². The maximum Gasteiger partial charge on any atom is 0.0604 e. The van der Waals surface area contributed by atoms with Gasteiger partial charge in [-0.05, 0) is 60.8 Å². The van der Waals surface area contributed by atoms with E-state index in [0.717, 1.165) is 0 Å². The molecule has 2 aromatic rings. The summed E-state index contributed by atoms with van der Waals surface area (Å²) in [5.74, 6) is 2.49. The molecule has 0 unspecified atom stereocenters. The summed E-state index contributed by atoms with van der Waals surface area (Å²) in [7, 11) is 0. The van der Waals surface area contributed by atoms with Crippen molar-refractivity contribution in [2.24, 2.45) is 0 Å². The van der Waals surface area contributed by atoms with Crippen molar-refractivity contribution in [2.75, 3.05) is 11.5 Å². The van der Waals surface area contributed by atoms with Crippen LogP contribution in [0.15, 0.2) is 118 Å². The number of hydrogen-bond donors (Lipinski definition) is 0. The van der Waals surface area contributed by atoms with Crippen LogP contribution in [0.5, 0.6) is 0 Å². The fraction of sp³-hybridized carbons (Fsp3) is 0.455. The van der Waals surface area contributed by atoms with E-state index in [-0.39, 0.29) is 0 Å². The Kier molecular flexibility index (Phi) is 28.3. The summed E-state index contributed by atoms with van der Waals surface area (Å²) in [5, 5.41) is 0. The average molecular weight is 719 g/mol. The summed E-state index contributed by atoms with van der Waals surface area (Å²) in [6, 6.07) is 9.00. The van der Waals surface area contributed by atoms with E-state index in [1.54, 1.807) is 0 Å². The van der Waals surface area contributed by atoms with Crippen molar-refractivity contribution in [3.63, 3.8) is 0 Å². The molecule has 0 aliphatic rings. The average Bonchev–Trinajstić information content (AvgIpc) is 3.76. The molecule has 0 aliphatic carbocycles. The zero-order valence-corrected chi connectivity index (χ0v) is 33.2. The predicted octanol–water partition coefficient (Wildman–Crippen LogP) is 16.3. The fourth-order valence-electron chi connectivity index (χ4n) is 4.89. The highest BCUT2D eigenvalue weighted by atomic mass is 32.2. The number of thioether (sulfide) groups is 2. The second kappa shape index (κ2) is 32.2. The first-order valence-corrected chi connectivity index (χ1v) is 22.2. The number of thiophene rings is 2. The van der Waals surface area contributed by atoms with Crippen molar-refractivity contribution in [1.29, 1.82) is 0 Å². The van der Waals surface area contributed by atoms with E-state index < -0.39 is 0 Å². The van der Waals surface area contributed by atoms with Crippen molar-refractivity contribution in [2.45, 2.75) is 125 Å². The third-order valence-electron chi connectivity index (χ3n) is 7.65.